The van der Waals surface area contributed by atoms with Gasteiger partial charge in [0.25, 0.3) is 5.91 Å². The summed E-state index contributed by atoms with van der Waals surface area (Å²) >= 11 is 0. The fraction of sp³-hybridized carbons (Fsp3) is 0.222. The fourth-order valence-electron chi connectivity index (χ4n) is 2.45. The average Bonchev–Trinajstić information content (AvgIpc) is 2.56. The zero-order chi connectivity index (χ0) is 16.2. The van der Waals surface area contributed by atoms with E-state index in [9.17, 15) is 9.59 Å². The second-order valence-corrected chi connectivity index (χ2v) is 5.46. The third-order valence-corrected chi connectivity index (χ3v) is 3.71. The monoisotopic (exact) mass is 310 g/mol. The maximum Gasteiger partial charge on any atom is 0.265 e. The number of benzene rings is 2. The van der Waals surface area contributed by atoms with Crippen molar-refractivity contribution in [1.82, 2.24) is 0 Å². The topological polar surface area (TPSA) is 67.4 Å². The van der Waals surface area contributed by atoms with Crippen molar-refractivity contribution in [3.63, 3.8) is 0 Å². The number of amides is 2. The normalized spacial score (nSPS) is 16.0. The first-order valence-electron chi connectivity index (χ1n) is 7.58. The summed E-state index contributed by atoms with van der Waals surface area (Å²) < 4.78 is 5.53. The Balaban J connectivity index is 1.67. The van der Waals surface area contributed by atoms with Crippen molar-refractivity contribution in [2.24, 2.45) is 0 Å². The van der Waals surface area contributed by atoms with Crippen LogP contribution in [-0.4, -0.2) is 17.9 Å². The standard InChI is InChI=1S/C18H18N2O3/c1-12-18(22)20-17-14(8-5-9-15(17)23-12)19-16(21)11-10-13-6-3-2-4-7-13/h2-9,12H,10-11H2,1H3,(H,19,21)(H,20,22). The van der Waals surface area contributed by atoms with Crippen LogP contribution >= 0.6 is 0 Å². The fourth-order valence-corrected chi connectivity index (χ4v) is 2.45. The minimum Gasteiger partial charge on any atom is -0.479 e. The zero-order valence-electron chi connectivity index (χ0n) is 12.8. The molecule has 1 atom stereocenters. The smallest absolute Gasteiger partial charge is 0.265 e. The van der Waals surface area contributed by atoms with E-state index in [1.165, 1.54) is 0 Å². The average molecular weight is 310 g/mol. The van der Waals surface area contributed by atoms with E-state index in [-0.39, 0.29) is 11.8 Å². The molecule has 0 bridgehead atoms. The maximum absolute atomic E-state index is 12.2. The Labute approximate surface area is 134 Å². The van der Waals surface area contributed by atoms with Crippen molar-refractivity contribution in [2.75, 3.05) is 10.6 Å². The Morgan fingerprint density at radius 3 is 2.74 bits per heavy atom. The molecule has 1 aliphatic heterocycles. The number of hydrogen-bond donors (Lipinski definition) is 2. The van der Waals surface area contributed by atoms with Gasteiger partial charge >= 0.3 is 0 Å². The van der Waals surface area contributed by atoms with Crippen molar-refractivity contribution in [3.05, 3.63) is 54.1 Å². The van der Waals surface area contributed by atoms with Gasteiger partial charge in [-0.15, -0.1) is 0 Å². The van der Waals surface area contributed by atoms with Gasteiger partial charge in [-0.05, 0) is 31.0 Å². The first-order valence-corrected chi connectivity index (χ1v) is 7.58. The van der Waals surface area contributed by atoms with Crippen LogP contribution in [0.25, 0.3) is 0 Å². The lowest BCUT2D eigenvalue weighted by molar-refractivity contribution is -0.122. The highest BCUT2D eigenvalue weighted by Gasteiger charge is 2.25. The molecule has 1 unspecified atom stereocenters. The molecule has 5 nitrogen and oxygen atoms in total. The van der Waals surface area contributed by atoms with Crippen LogP contribution < -0.4 is 15.4 Å². The van der Waals surface area contributed by atoms with Gasteiger partial charge in [0.2, 0.25) is 5.91 Å². The number of hydrogen-bond acceptors (Lipinski definition) is 3. The number of anilines is 2. The molecule has 2 aromatic rings. The van der Waals surface area contributed by atoms with Crippen LogP contribution in [0.3, 0.4) is 0 Å². The molecule has 0 radical (unpaired) electrons. The molecular formula is C18H18N2O3. The molecule has 0 saturated heterocycles. The summed E-state index contributed by atoms with van der Waals surface area (Å²) in [7, 11) is 0. The molecule has 1 heterocycles. The number of carbonyl (C=O) groups excluding carboxylic acids is 2. The van der Waals surface area contributed by atoms with Crippen LogP contribution in [0.4, 0.5) is 11.4 Å². The van der Waals surface area contributed by atoms with E-state index in [0.29, 0.717) is 30.0 Å². The lowest BCUT2D eigenvalue weighted by Crippen LogP contribution is -2.34. The molecule has 5 heteroatoms. The van der Waals surface area contributed by atoms with Crippen LogP contribution in [0, 0.1) is 0 Å². The number of para-hydroxylation sites is 1. The van der Waals surface area contributed by atoms with E-state index in [4.69, 9.17) is 4.74 Å². The van der Waals surface area contributed by atoms with Gasteiger partial charge in [-0.1, -0.05) is 36.4 Å². The lowest BCUT2D eigenvalue weighted by atomic mass is 10.1. The van der Waals surface area contributed by atoms with Crippen molar-refractivity contribution < 1.29 is 14.3 Å². The Kier molecular flexibility index (Phi) is 4.28. The van der Waals surface area contributed by atoms with Crippen molar-refractivity contribution >= 4 is 23.2 Å². The SMILES string of the molecule is CC1Oc2cccc(NC(=O)CCc3ccccc3)c2NC1=O. The largest absolute Gasteiger partial charge is 0.479 e. The highest BCUT2D eigenvalue weighted by molar-refractivity contribution is 6.04. The van der Waals surface area contributed by atoms with Gasteiger partial charge in [0.05, 0.1) is 5.69 Å². The number of ether oxygens (including phenoxy) is 1. The predicted molar refractivity (Wildman–Crippen MR) is 88.6 cm³/mol. The molecule has 0 aromatic heterocycles. The predicted octanol–water partition coefficient (Wildman–Crippen LogP) is 2.98. The maximum atomic E-state index is 12.2. The number of nitrogens with one attached hydrogen (secondary N) is 2. The summed E-state index contributed by atoms with van der Waals surface area (Å²) in [5.74, 6) is 0.247. The summed E-state index contributed by atoms with van der Waals surface area (Å²) in [5, 5.41) is 5.62. The molecule has 0 saturated carbocycles. The molecule has 2 N–H and O–H groups in total. The summed E-state index contributed by atoms with van der Waals surface area (Å²) in [6, 6.07) is 15.1. The van der Waals surface area contributed by atoms with E-state index in [2.05, 4.69) is 10.6 Å². The second-order valence-electron chi connectivity index (χ2n) is 5.46. The first kappa shape index (κ1) is 15.1. The van der Waals surface area contributed by atoms with Crippen molar-refractivity contribution in [2.45, 2.75) is 25.9 Å². The third-order valence-electron chi connectivity index (χ3n) is 3.71. The molecule has 1 aliphatic rings. The number of fused-ring (bicyclic) bond motifs is 1. The summed E-state index contributed by atoms with van der Waals surface area (Å²) in [6.07, 6.45) is 0.507. The number of rotatable bonds is 4. The second kappa shape index (κ2) is 6.52. The molecular weight excluding hydrogens is 292 g/mol. The van der Waals surface area contributed by atoms with E-state index >= 15 is 0 Å². The van der Waals surface area contributed by atoms with Crippen LogP contribution in [0.2, 0.25) is 0 Å². The molecule has 0 fully saturated rings. The van der Waals surface area contributed by atoms with Crippen LogP contribution in [0.5, 0.6) is 5.75 Å². The van der Waals surface area contributed by atoms with Gasteiger partial charge in [0.15, 0.2) is 6.10 Å². The Hall–Kier alpha value is -2.82. The van der Waals surface area contributed by atoms with E-state index in [1.807, 2.05) is 30.3 Å². The number of aryl methyl sites for hydroxylation is 1. The van der Waals surface area contributed by atoms with Gasteiger partial charge in [-0.3, -0.25) is 9.59 Å². The van der Waals surface area contributed by atoms with Crippen LogP contribution in [0.1, 0.15) is 18.9 Å². The molecule has 23 heavy (non-hydrogen) atoms. The van der Waals surface area contributed by atoms with Crippen LogP contribution in [-0.2, 0) is 16.0 Å². The summed E-state index contributed by atoms with van der Waals surface area (Å²) in [6.45, 7) is 1.68. The van der Waals surface area contributed by atoms with Crippen molar-refractivity contribution in [3.8, 4) is 5.75 Å². The van der Waals surface area contributed by atoms with E-state index in [1.54, 1.807) is 25.1 Å². The van der Waals surface area contributed by atoms with Gasteiger partial charge in [-0.25, -0.2) is 0 Å². The molecule has 118 valence electrons. The highest BCUT2D eigenvalue weighted by atomic mass is 16.5. The Morgan fingerprint density at radius 1 is 1.17 bits per heavy atom. The minimum atomic E-state index is -0.536. The summed E-state index contributed by atoms with van der Waals surface area (Å²) in [5.41, 5.74) is 2.19. The lowest BCUT2D eigenvalue weighted by Gasteiger charge is -2.25. The Morgan fingerprint density at radius 2 is 1.96 bits per heavy atom. The molecule has 2 amide bonds. The first-order chi connectivity index (χ1) is 11.1. The quantitative estimate of drug-likeness (QED) is 0.912. The third kappa shape index (κ3) is 3.51. The molecule has 2 aromatic carbocycles. The highest BCUT2D eigenvalue weighted by Crippen LogP contribution is 2.36. The molecule has 0 spiro atoms. The van der Waals surface area contributed by atoms with Crippen LogP contribution in [0.15, 0.2) is 48.5 Å². The van der Waals surface area contributed by atoms with Gasteiger partial charge in [0, 0.05) is 6.42 Å². The number of carbonyl (C=O) groups is 2. The van der Waals surface area contributed by atoms with Gasteiger partial charge < -0.3 is 15.4 Å². The zero-order valence-corrected chi connectivity index (χ0v) is 12.8. The van der Waals surface area contributed by atoms with E-state index in [0.717, 1.165) is 5.56 Å². The summed E-state index contributed by atoms with van der Waals surface area (Å²) in [4.78, 5) is 23.9. The van der Waals surface area contributed by atoms with E-state index < -0.39 is 6.10 Å². The Bertz CT molecular complexity index is 728. The van der Waals surface area contributed by atoms with Crippen molar-refractivity contribution in [1.29, 1.82) is 0 Å². The van der Waals surface area contributed by atoms with Gasteiger partial charge in [0.1, 0.15) is 11.4 Å². The van der Waals surface area contributed by atoms with Gasteiger partial charge in [-0.2, -0.15) is 0 Å². The molecule has 3 rings (SSSR count). The molecule has 0 aliphatic carbocycles. The minimum absolute atomic E-state index is 0.102.